The number of carbonyl (C=O) groups is 1. The van der Waals surface area contributed by atoms with Gasteiger partial charge in [-0.1, -0.05) is 32.9 Å². The molecule has 2 aliphatic heterocycles. The highest BCUT2D eigenvalue weighted by molar-refractivity contribution is 5.92. The zero-order valence-electron chi connectivity index (χ0n) is 16.2. The number of ether oxygens (including phenoxy) is 2. The molecule has 144 valence electrons. The predicted octanol–water partition coefficient (Wildman–Crippen LogP) is 2.99. The Labute approximate surface area is 159 Å². The summed E-state index contributed by atoms with van der Waals surface area (Å²) in [6, 6.07) is 8.06. The quantitative estimate of drug-likeness (QED) is 0.880. The van der Waals surface area contributed by atoms with Crippen molar-refractivity contribution in [3.63, 3.8) is 0 Å². The van der Waals surface area contributed by atoms with Crippen LogP contribution in [0.5, 0.6) is 11.6 Å². The number of benzene rings is 1. The molecule has 0 saturated carbocycles. The maximum absolute atomic E-state index is 12.6. The lowest BCUT2D eigenvalue weighted by molar-refractivity contribution is 0.0908. The number of nitrogens with one attached hydrogen (secondary N) is 1. The molecular formula is C21H27N3O3. The molecule has 2 aromatic rings. The average molecular weight is 369 g/mol. The number of amides is 1. The van der Waals surface area contributed by atoms with E-state index in [9.17, 15) is 4.79 Å². The van der Waals surface area contributed by atoms with Gasteiger partial charge in [0, 0.05) is 6.07 Å². The van der Waals surface area contributed by atoms with Crippen LogP contribution in [-0.2, 0) is 19.4 Å². The molecular weight excluding hydrogens is 342 g/mol. The van der Waals surface area contributed by atoms with Gasteiger partial charge in [0.05, 0.1) is 12.6 Å². The molecule has 6 heteroatoms. The normalized spacial score (nSPS) is 20.6. The van der Waals surface area contributed by atoms with Gasteiger partial charge in [-0.2, -0.15) is 5.10 Å². The number of fused-ring (bicyclic) bond motifs is 2. The first-order valence-corrected chi connectivity index (χ1v) is 9.81. The van der Waals surface area contributed by atoms with Gasteiger partial charge in [0.2, 0.25) is 5.88 Å². The van der Waals surface area contributed by atoms with E-state index < -0.39 is 0 Å². The molecule has 1 aromatic heterocycles. The highest BCUT2D eigenvalue weighted by Crippen LogP contribution is 2.27. The molecule has 0 spiro atoms. The van der Waals surface area contributed by atoms with Crippen molar-refractivity contribution in [2.75, 3.05) is 6.61 Å². The smallest absolute Gasteiger partial charge is 0.272 e. The molecule has 0 aliphatic carbocycles. The number of nitrogens with zero attached hydrogens (tertiary/aromatic N) is 2. The van der Waals surface area contributed by atoms with Crippen LogP contribution in [0, 0.1) is 5.92 Å². The summed E-state index contributed by atoms with van der Waals surface area (Å²) in [6.45, 7) is 7.70. The van der Waals surface area contributed by atoms with E-state index in [1.54, 1.807) is 10.7 Å². The number of hydrogen-bond acceptors (Lipinski definition) is 4. The monoisotopic (exact) mass is 369 g/mol. The molecule has 0 radical (unpaired) electrons. The minimum absolute atomic E-state index is 0.0554. The standard InChI is InChI=1S/C21H27N3O3/c1-4-17-11-24-20(27-17)10-18(23-24)21(25)22-16-9-15-8-14(7-13(2)3)5-6-19(15)26-12-16/h5-6,8,10,13,16-17H,4,7,9,11-12H2,1-3H3,(H,22,25). The van der Waals surface area contributed by atoms with Crippen LogP contribution in [0.15, 0.2) is 24.3 Å². The fourth-order valence-corrected chi connectivity index (χ4v) is 3.75. The maximum atomic E-state index is 12.6. The predicted molar refractivity (Wildman–Crippen MR) is 102 cm³/mol. The lowest BCUT2D eigenvalue weighted by Gasteiger charge is -2.26. The summed E-state index contributed by atoms with van der Waals surface area (Å²) in [6.07, 6.45) is 2.91. The van der Waals surface area contributed by atoms with Gasteiger partial charge >= 0.3 is 0 Å². The van der Waals surface area contributed by atoms with Gasteiger partial charge in [-0.05, 0) is 42.4 Å². The van der Waals surface area contributed by atoms with Crippen molar-refractivity contribution in [2.24, 2.45) is 5.92 Å². The van der Waals surface area contributed by atoms with Gasteiger partial charge in [-0.3, -0.25) is 4.79 Å². The molecule has 0 fully saturated rings. The molecule has 1 N–H and O–H groups in total. The molecule has 2 unspecified atom stereocenters. The first kappa shape index (κ1) is 17.9. The fourth-order valence-electron chi connectivity index (χ4n) is 3.75. The third kappa shape index (κ3) is 3.80. The van der Waals surface area contributed by atoms with Crippen molar-refractivity contribution in [3.8, 4) is 11.6 Å². The Morgan fingerprint density at radius 3 is 2.96 bits per heavy atom. The second-order valence-electron chi connectivity index (χ2n) is 7.92. The van der Waals surface area contributed by atoms with Crippen molar-refractivity contribution in [2.45, 2.75) is 58.7 Å². The largest absolute Gasteiger partial charge is 0.491 e. The van der Waals surface area contributed by atoms with Gasteiger partial charge in [-0.15, -0.1) is 0 Å². The highest BCUT2D eigenvalue weighted by atomic mass is 16.5. The van der Waals surface area contributed by atoms with Crippen LogP contribution in [-0.4, -0.2) is 34.4 Å². The van der Waals surface area contributed by atoms with E-state index in [0.29, 0.717) is 30.6 Å². The molecule has 0 saturated heterocycles. The molecule has 2 atom stereocenters. The first-order chi connectivity index (χ1) is 13.0. The Bertz CT molecular complexity index is 820. The summed E-state index contributed by atoms with van der Waals surface area (Å²) >= 11 is 0. The zero-order valence-corrected chi connectivity index (χ0v) is 16.2. The number of carbonyl (C=O) groups excluding carboxylic acids is 1. The van der Waals surface area contributed by atoms with E-state index in [2.05, 4.69) is 43.3 Å². The number of aromatic nitrogens is 2. The molecule has 1 aromatic carbocycles. The first-order valence-electron chi connectivity index (χ1n) is 9.81. The zero-order chi connectivity index (χ0) is 19.0. The van der Waals surface area contributed by atoms with E-state index in [4.69, 9.17) is 9.47 Å². The number of rotatable bonds is 5. The Hall–Kier alpha value is -2.50. The SMILES string of the molecule is CCC1Cn2nc(C(=O)NC3COc4ccc(CC(C)C)cc4C3)cc2O1. The van der Waals surface area contributed by atoms with Crippen LogP contribution in [0.3, 0.4) is 0 Å². The Morgan fingerprint density at radius 2 is 2.22 bits per heavy atom. The third-order valence-corrected chi connectivity index (χ3v) is 5.11. The van der Waals surface area contributed by atoms with Crippen LogP contribution in [0.4, 0.5) is 0 Å². The van der Waals surface area contributed by atoms with E-state index in [0.717, 1.165) is 30.6 Å². The van der Waals surface area contributed by atoms with Crippen molar-refractivity contribution in [1.29, 1.82) is 0 Å². The summed E-state index contributed by atoms with van der Waals surface area (Å²) in [5, 5.41) is 7.44. The van der Waals surface area contributed by atoms with Crippen LogP contribution in [0.25, 0.3) is 0 Å². The summed E-state index contributed by atoms with van der Waals surface area (Å²) in [4.78, 5) is 12.6. The van der Waals surface area contributed by atoms with Gasteiger partial charge in [0.25, 0.3) is 5.91 Å². The Kier molecular flexibility index (Phi) is 4.81. The molecule has 3 heterocycles. The summed E-state index contributed by atoms with van der Waals surface area (Å²) < 4.78 is 13.4. The van der Waals surface area contributed by atoms with Crippen molar-refractivity contribution in [3.05, 3.63) is 41.1 Å². The summed E-state index contributed by atoms with van der Waals surface area (Å²) in [7, 11) is 0. The summed E-state index contributed by atoms with van der Waals surface area (Å²) in [5.41, 5.74) is 2.87. The van der Waals surface area contributed by atoms with Gasteiger partial charge in [0.15, 0.2) is 5.69 Å². The molecule has 1 amide bonds. The molecule has 0 bridgehead atoms. The maximum Gasteiger partial charge on any atom is 0.272 e. The molecule has 27 heavy (non-hydrogen) atoms. The van der Waals surface area contributed by atoms with Gasteiger partial charge in [-0.25, -0.2) is 4.68 Å². The van der Waals surface area contributed by atoms with Crippen molar-refractivity contribution in [1.82, 2.24) is 15.1 Å². The van der Waals surface area contributed by atoms with E-state index >= 15 is 0 Å². The van der Waals surface area contributed by atoms with E-state index in [1.165, 1.54) is 5.56 Å². The lowest BCUT2D eigenvalue weighted by atomic mass is 9.96. The fraction of sp³-hybridized carbons (Fsp3) is 0.524. The molecule has 4 rings (SSSR count). The van der Waals surface area contributed by atoms with Crippen LogP contribution >= 0.6 is 0 Å². The molecule has 6 nitrogen and oxygen atoms in total. The van der Waals surface area contributed by atoms with Crippen LogP contribution in [0.2, 0.25) is 0 Å². The molecule has 2 aliphatic rings. The van der Waals surface area contributed by atoms with Crippen molar-refractivity contribution >= 4 is 5.91 Å². The van der Waals surface area contributed by atoms with Crippen LogP contribution in [0.1, 0.15) is 48.8 Å². The Morgan fingerprint density at radius 1 is 1.37 bits per heavy atom. The lowest BCUT2D eigenvalue weighted by Crippen LogP contribution is -2.43. The minimum atomic E-state index is -0.177. The Balaban J connectivity index is 1.40. The van der Waals surface area contributed by atoms with Gasteiger partial charge < -0.3 is 14.8 Å². The summed E-state index contributed by atoms with van der Waals surface area (Å²) in [5.74, 6) is 2.04. The minimum Gasteiger partial charge on any atom is -0.491 e. The third-order valence-electron chi connectivity index (χ3n) is 5.11. The second kappa shape index (κ2) is 7.25. The van der Waals surface area contributed by atoms with Crippen molar-refractivity contribution < 1.29 is 14.3 Å². The number of hydrogen-bond donors (Lipinski definition) is 1. The second-order valence-corrected chi connectivity index (χ2v) is 7.92. The topological polar surface area (TPSA) is 65.4 Å². The highest BCUT2D eigenvalue weighted by Gasteiger charge is 2.27. The average Bonchev–Trinajstić information content (AvgIpc) is 3.19. The van der Waals surface area contributed by atoms with Gasteiger partial charge in [0.1, 0.15) is 18.5 Å². The van der Waals surface area contributed by atoms with Crippen LogP contribution < -0.4 is 14.8 Å². The van der Waals surface area contributed by atoms with E-state index in [-0.39, 0.29) is 18.1 Å². The van der Waals surface area contributed by atoms with E-state index in [1.807, 2.05) is 6.07 Å².